The highest BCUT2D eigenvalue weighted by Gasteiger charge is 2.12. The lowest BCUT2D eigenvalue weighted by Crippen LogP contribution is -2.32. The molecule has 154 valence electrons. The second kappa shape index (κ2) is 11.2. The number of amides is 2. The molecular formula is C22H25ClN2O4. The summed E-state index contributed by atoms with van der Waals surface area (Å²) < 4.78 is 4.96. The molecule has 0 aliphatic heterocycles. The zero-order chi connectivity index (χ0) is 21.2. The van der Waals surface area contributed by atoms with E-state index in [-0.39, 0.29) is 37.4 Å². The third-order valence-corrected chi connectivity index (χ3v) is 4.60. The van der Waals surface area contributed by atoms with Crippen molar-refractivity contribution in [2.75, 3.05) is 13.2 Å². The van der Waals surface area contributed by atoms with Gasteiger partial charge in [-0.25, -0.2) is 0 Å². The minimum atomic E-state index is -0.559. The molecule has 29 heavy (non-hydrogen) atoms. The topological polar surface area (TPSA) is 84.5 Å². The van der Waals surface area contributed by atoms with Crippen molar-refractivity contribution < 1.29 is 19.1 Å². The van der Waals surface area contributed by atoms with Crippen LogP contribution < -0.4 is 10.6 Å². The number of hydrogen-bond acceptors (Lipinski definition) is 4. The average molecular weight is 417 g/mol. The van der Waals surface area contributed by atoms with Crippen LogP contribution in [0.15, 0.2) is 48.5 Å². The Hall–Kier alpha value is -2.86. The zero-order valence-corrected chi connectivity index (χ0v) is 17.3. The van der Waals surface area contributed by atoms with Crippen molar-refractivity contribution in [3.8, 4) is 0 Å². The molecule has 0 saturated heterocycles. The quantitative estimate of drug-likeness (QED) is 0.613. The molecule has 2 rings (SSSR count). The maximum atomic E-state index is 12.0. The Labute approximate surface area is 175 Å². The molecule has 2 N–H and O–H groups in total. The molecule has 2 amide bonds. The fourth-order valence-corrected chi connectivity index (χ4v) is 2.73. The van der Waals surface area contributed by atoms with Crippen LogP contribution in [0.25, 0.3) is 0 Å². The Morgan fingerprint density at radius 3 is 2.31 bits per heavy atom. The van der Waals surface area contributed by atoms with Crippen LogP contribution in [0.1, 0.15) is 47.8 Å². The van der Waals surface area contributed by atoms with Gasteiger partial charge >= 0.3 is 5.97 Å². The second-order valence-corrected chi connectivity index (χ2v) is 6.99. The molecule has 2 aromatic rings. The predicted octanol–water partition coefficient (Wildman–Crippen LogP) is 3.44. The Kier molecular flexibility index (Phi) is 8.68. The van der Waals surface area contributed by atoms with E-state index in [1.165, 1.54) is 5.56 Å². The number of carbonyl (C=O) groups excluding carboxylic acids is 3. The normalized spacial score (nSPS) is 11.4. The smallest absolute Gasteiger partial charge is 0.308 e. The first-order chi connectivity index (χ1) is 13.9. The van der Waals surface area contributed by atoms with E-state index in [4.69, 9.17) is 16.3 Å². The van der Waals surface area contributed by atoms with Crippen LogP contribution in [0.5, 0.6) is 0 Å². The van der Waals surface area contributed by atoms with E-state index in [1.54, 1.807) is 24.3 Å². The summed E-state index contributed by atoms with van der Waals surface area (Å²) in [7, 11) is 0. The number of aryl methyl sites for hydroxylation is 1. The van der Waals surface area contributed by atoms with Crippen molar-refractivity contribution in [3.63, 3.8) is 0 Å². The van der Waals surface area contributed by atoms with Crippen LogP contribution >= 0.6 is 11.6 Å². The van der Waals surface area contributed by atoms with Crippen molar-refractivity contribution in [1.82, 2.24) is 10.6 Å². The van der Waals surface area contributed by atoms with Crippen molar-refractivity contribution in [2.45, 2.75) is 32.7 Å². The molecule has 0 unspecified atom stereocenters. The minimum absolute atomic E-state index is 0.0271. The summed E-state index contributed by atoms with van der Waals surface area (Å²) in [5.74, 6) is -1.25. The lowest BCUT2D eigenvalue weighted by molar-refractivity contribution is -0.148. The highest BCUT2D eigenvalue weighted by Crippen LogP contribution is 2.13. The van der Waals surface area contributed by atoms with Crippen LogP contribution in [0.4, 0.5) is 0 Å². The van der Waals surface area contributed by atoms with Gasteiger partial charge in [-0.1, -0.05) is 42.8 Å². The van der Waals surface area contributed by atoms with Gasteiger partial charge in [0.1, 0.15) is 0 Å². The Morgan fingerprint density at radius 1 is 1.03 bits per heavy atom. The summed E-state index contributed by atoms with van der Waals surface area (Å²) in [6.45, 7) is 3.70. The van der Waals surface area contributed by atoms with E-state index in [1.807, 2.05) is 31.2 Å². The number of nitrogens with one attached hydrogen (secondary N) is 2. The van der Waals surface area contributed by atoms with Gasteiger partial charge in [0.15, 0.2) is 6.61 Å². The Bertz CT molecular complexity index is 835. The molecule has 0 aromatic heterocycles. The van der Waals surface area contributed by atoms with Gasteiger partial charge in [-0.05, 0) is 48.7 Å². The van der Waals surface area contributed by atoms with Crippen molar-refractivity contribution >= 4 is 29.4 Å². The molecule has 7 heteroatoms. The maximum Gasteiger partial charge on any atom is 0.308 e. The monoisotopic (exact) mass is 416 g/mol. The fraction of sp³-hybridized carbons (Fsp3) is 0.318. The number of hydrogen-bond donors (Lipinski definition) is 2. The molecule has 0 fully saturated rings. The fourth-order valence-electron chi connectivity index (χ4n) is 2.61. The lowest BCUT2D eigenvalue weighted by Gasteiger charge is -2.15. The number of halogens is 1. The first kappa shape index (κ1) is 22.4. The Morgan fingerprint density at radius 2 is 1.69 bits per heavy atom. The molecule has 0 bridgehead atoms. The number of esters is 1. The first-order valence-corrected chi connectivity index (χ1v) is 9.84. The number of ether oxygens (including phenoxy) is 1. The molecule has 0 spiro atoms. The van der Waals surface area contributed by atoms with Gasteiger partial charge in [-0.3, -0.25) is 14.4 Å². The maximum absolute atomic E-state index is 12.0. The molecule has 0 radical (unpaired) electrons. The minimum Gasteiger partial charge on any atom is -0.456 e. The summed E-state index contributed by atoms with van der Waals surface area (Å²) >= 11 is 5.78. The third-order valence-electron chi connectivity index (χ3n) is 4.35. The van der Waals surface area contributed by atoms with Gasteiger partial charge in [0.2, 0.25) is 0 Å². The zero-order valence-electron chi connectivity index (χ0n) is 16.5. The molecule has 0 heterocycles. The van der Waals surface area contributed by atoms with Gasteiger partial charge in [-0.2, -0.15) is 0 Å². The van der Waals surface area contributed by atoms with E-state index in [0.29, 0.717) is 10.6 Å². The summed E-state index contributed by atoms with van der Waals surface area (Å²) in [6.07, 6.45) is 0.928. The largest absolute Gasteiger partial charge is 0.456 e. The van der Waals surface area contributed by atoms with Crippen molar-refractivity contribution in [3.05, 3.63) is 70.2 Å². The predicted molar refractivity (Wildman–Crippen MR) is 112 cm³/mol. The van der Waals surface area contributed by atoms with Gasteiger partial charge in [-0.15, -0.1) is 0 Å². The number of rotatable bonds is 9. The number of carbonyl (C=O) groups is 3. The third kappa shape index (κ3) is 7.58. The van der Waals surface area contributed by atoms with Crippen LogP contribution in [0.2, 0.25) is 5.02 Å². The molecule has 6 nitrogen and oxygen atoms in total. The lowest BCUT2D eigenvalue weighted by atomic mass is 10.1. The molecule has 2 aromatic carbocycles. The highest BCUT2D eigenvalue weighted by atomic mass is 35.5. The van der Waals surface area contributed by atoms with Gasteiger partial charge in [0.05, 0.1) is 12.5 Å². The Balaban J connectivity index is 1.66. The van der Waals surface area contributed by atoms with Crippen molar-refractivity contribution in [1.29, 1.82) is 0 Å². The SMILES string of the molecule is CCc1ccc([C@@H](C)NC(=O)COC(=O)CCNC(=O)c2ccc(Cl)cc2)cc1. The summed E-state index contributed by atoms with van der Waals surface area (Å²) in [5, 5.41) is 5.95. The first-order valence-electron chi connectivity index (χ1n) is 9.46. The molecule has 0 aliphatic carbocycles. The summed E-state index contributed by atoms with van der Waals surface area (Å²) in [6, 6.07) is 14.2. The standard InChI is InChI=1S/C22H25ClN2O4/c1-3-16-4-6-17(7-5-16)15(2)25-20(26)14-29-21(27)12-13-24-22(28)18-8-10-19(23)11-9-18/h4-11,15H,3,12-14H2,1-2H3,(H,24,28)(H,25,26)/t15-/m1/s1. The number of benzene rings is 2. The molecule has 0 aliphatic rings. The molecule has 0 saturated carbocycles. The van der Waals surface area contributed by atoms with E-state index in [0.717, 1.165) is 12.0 Å². The van der Waals surface area contributed by atoms with Gasteiger partial charge in [0, 0.05) is 17.1 Å². The van der Waals surface area contributed by atoms with E-state index in [2.05, 4.69) is 17.6 Å². The van der Waals surface area contributed by atoms with Crippen LogP contribution in [-0.2, 0) is 20.7 Å². The summed E-state index contributed by atoms with van der Waals surface area (Å²) in [5.41, 5.74) is 2.65. The van der Waals surface area contributed by atoms with Crippen LogP contribution in [0, 0.1) is 0 Å². The van der Waals surface area contributed by atoms with Gasteiger partial charge < -0.3 is 15.4 Å². The van der Waals surface area contributed by atoms with Crippen LogP contribution in [0.3, 0.4) is 0 Å². The summed E-state index contributed by atoms with van der Waals surface area (Å²) in [4.78, 5) is 35.7. The van der Waals surface area contributed by atoms with Crippen molar-refractivity contribution in [2.24, 2.45) is 0 Å². The van der Waals surface area contributed by atoms with Gasteiger partial charge in [0.25, 0.3) is 11.8 Å². The second-order valence-electron chi connectivity index (χ2n) is 6.56. The van der Waals surface area contributed by atoms with Crippen LogP contribution in [-0.4, -0.2) is 30.9 Å². The highest BCUT2D eigenvalue weighted by molar-refractivity contribution is 6.30. The molecular weight excluding hydrogens is 392 g/mol. The molecule has 1 atom stereocenters. The van der Waals surface area contributed by atoms with E-state index < -0.39 is 5.97 Å². The van der Waals surface area contributed by atoms with E-state index in [9.17, 15) is 14.4 Å². The average Bonchev–Trinajstić information content (AvgIpc) is 2.72. The van der Waals surface area contributed by atoms with E-state index >= 15 is 0 Å².